The molecule has 2 fully saturated rings. The van der Waals surface area contributed by atoms with Gasteiger partial charge in [-0.25, -0.2) is 9.59 Å². The summed E-state index contributed by atoms with van der Waals surface area (Å²) in [7, 11) is 0. The predicted molar refractivity (Wildman–Crippen MR) is 217 cm³/mol. The van der Waals surface area contributed by atoms with Gasteiger partial charge in [0.2, 0.25) is 0 Å². The van der Waals surface area contributed by atoms with Crippen molar-refractivity contribution >= 4 is 35.0 Å². The van der Waals surface area contributed by atoms with E-state index < -0.39 is 17.1 Å². The number of nitrogens with one attached hydrogen (secondary N) is 2. The fourth-order valence-electron chi connectivity index (χ4n) is 7.41. The van der Waals surface area contributed by atoms with E-state index in [9.17, 15) is 29.4 Å². The first-order valence-electron chi connectivity index (χ1n) is 19.4. The highest BCUT2D eigenvalue weighted by molar-refractivity contribution is 6.34. The van der Waals surface area contributed by atoms with Crippen LogP contribution < -0.4 is 22.0 Å². The summed E-state index contributed by atoms with van der Waals surface area (Å²) in [5.41, 5.74) is -0.318. The largest absolute Gasteiger partial charge is 0.395 e. The van der Waals surface area contributed by atoms with Crippen LogP contribution in [0.15, 0.2) is 64.6 Å². The summed E-state index contributed by atoms with van der Waals surface area (Å²) in [4.78, 5) is 50.4. The molecule has 14 nitrogen and oxygen atoms in total. The van der Waals surface area contributed by atoms with Crippen LogP contribution in [0.3, 0.4) is 0 Å². The third-order valence-corrected chi connectivity index (χ3v) is 11.4. The fraction of sp³-hybridized carbons (Fsp3) is 0.488. The molecule has 2 aromatic heterocycles. The van der Waals surface area contributed by atoms with Gasteiger partial charge in [0.25, 0.3) is 11.8 Å². The minimum atomic E-state index is -0.890. The Bertz CT molecular complexity index is 2180. The summed E-state index contributed by atoms with van der Waals surface area (Å²) in [5.74, 6) is -0.775. The molecule has 0 saturated heterocycles. The van der Waals surface area contributed by atoms with E-state index in [1.54, 1.807) is 61.9 Å². The number of benzene rings is 2. The molecule has 2 saturated carbocycles. The zero-order valence-electron chi connectivity index (χ0n) is 32.2. The number of halogens is 2. The number of carbonyl (C=O) groups excluding carboxylic acids is 2. The van der Waals surface area contributed by atoms with Gasteiger partial charge >= 0.3 is 11.4 Å². The zero-order valence-corrected chi connectivity index (χ0v) is 33.7. The Hall–Kier alpha value is -4.65. The molecular formula is C41H51Cl2N7O7. The van der Waals surface area contributed by atoms with Gasteiger partial charge in [0, 0.05) is 37.4 Å². The number of aromatic nitrogens is 4. The van der Waals surface area contributed by atoms with Crippen molar-refractivity contribution in [3.63, 3.8) is 0 Å². The topological polar surface area (TPSA) is 197 Å². The van der Waals surface area contributed by atoms with E-state index in [2.05, 4.69) is 10.6 Å². The molecule has 0 radical (unpaired) electrons. The van der Waals surface area contributed by atoms with Gasteiger partial charge in [-0.15, -0.1) is 0 Å². The molecule has 306 valence electrons. The van der Waals surface area contributed by atoms with Crippen LogP contribution in [-0.4, -0.2) is 76.3 Å². The lowest BCUT2D eigenvalue weighted by Crippen LogP contribution is -2.42. The average molecular weight is 825 g/mol. The van der Waals surface area contributed by atoms with Crippen LogP contribution in [0.2, 0.25) is 10.0 Å². The summed E-state index contributed by atoms with van der Waals surface area (Å²) in [6, 6.07) is 11.5. The zero-order chi connectivity index (χ0) is 41.2. The number of aryl methyl sites for hydroxylation is 1. The van der Waals surface area contributed by atoms with Crippen molar-refractivity contribution in [3.05, 3.63) is 103 Å². The molecule has 2 aliphatic rings. The number of rotatable bonds is 11. The van der Waals surface area contributed by atoms with Crippen LogP contribution >= 0.6 is 23.2 Å². The molecule has 5 N–H and O–H groups in total. The average Bonchev–Trinajstić information content (AvgIpc) is 3.46. The van der Waals surface area contributed by atoms with Gasteiger partial charge in [-0.1, -0.05) is 74.6 Å². The van der Waals surface area contributed by atoms with Gasteiger partial charge < -0.3 is 26.0 Å². The van der Waals surface area contributed by atoms with E-state index in [1.165, 1.54) is 18.3 Å². The lowest BCUT2D eigenvalue weighted by Gasteiger charge is -2.27. The predicted octanol–water partition coefficient (Wildman–Crippen LogP) is 5.04. The van der Waals surface area contributed by atoms with Crippen molar-refractivity contribution in [2.45, 2.75) is 108 Å². The van der Waals surface area contributed by atoms with Crippen LogP contribution in [0.5, 0.6) is 0 Å². The summed E-state index contributed by atoms with van der Waals surface area (Å²) in [5, 5.41) is 45.5. The minimum absolute atomic E-state index is 0.0445. The Kier molecular flexibility index (Phi) is 15.0. The Morgan fingerprint density at radius 2 is 1.23 bits per heavy atom. The number of hydrogen-bond acceptors (Lipinski definition) is 8. The molecule has 2 aliphatic carbocycles. The second kappa shape index (κ2) is 19.7. The lowest BCUT2D eigenvalue weighted by molar-refractivity contribution is 0.0245. The molecule has 0 bridgehead atoms. The maximum Gasteiger partial charge on any atom is 0.333 e. The van der Waals surface area contributed by atoms with Gasteiger partial charge in [-0.2, -0.15) is 5.26 Å². The highest BCUT2D eigenvalue weighted by Gasteiger charge is 2.30. The summed E-state index contributed by atoms with van der Waals surface area (Å²) < 4.78 is 5.52. The number of amides is 2. The van der Waals surface area contributed by atoms with Crippen molar-refractivity contribution in [2.24, 2.45) is 0 Å². The molecule has 0 spiro atoms. The Labute approximate surface area is 341 Å². The normalized spacial score (nSPS) is 16.3. The molecular weight excluding hydrogens is 773 g/mol. The van der Waals surface area contributed by atoms with E-state index in [-0.39, 0.29) is 71.2 Å². The van der Waals surface area contributed by atoms with Crippen molar-refractivity contribution in [3.8, 4) is 17.4 Å². The molecule has 2 amide bonds. The highest BCUT2D eigenvalue weighted by Crippen LogP contribution is 2.28. The molecule has 0 unspecified atom stereocenters. The van der Waals surface area contributed by atoms with Crippen LogP contribution in [0.4, 0.5) is 0 Å². The minimum Gasteiger partial charge on any atom is -0.395 e. The van der Waals surface area contributed by atoms with Gasteiger partial charge in [0.15, 0.2) is 0 Å². The first-order valence-corrected chi connectivity index (χ1v) is 20.2. The Morgan fingerprint density at radius 3 is 1.68 bits per heavy atom. The van der Waals surface area contributed by atoms with Gasteiger partial charge in [-0.3, -0.25) is 27.9 Å². The van der Waals surface area contributed by atoms with Gasteiger partial charge in [0.1, 0.15) is 6.54 Å². The summed E-state index contributed by atoms with van der Waals surface area (Å²) in [6.07, 6.45) is 15.7. The van der Waals surface area contributed by atoms with Crippen LogP contribution in [-0.2, 0) is 13.1 Å². The van der Waals surface area contributed by atoms with E-state index in [1.807, 2.05) is 6.07 Å². The summed E-state index contributed by atoms with van der Waals surface area (Å²) in [6.45, 7) is 2.11. The number of aliphatic hydroxyl groups is 3. The van der Waals surface area contributed by atoms with E-state index in [0.717, 1.165) is 51.4 Å². The number of aliphatic hydroxyl groups excluding tert-OH is 1. The van der Waals surface area contributed by atoms with E-state index in [0.29, 0.717) is 42.8 Å². The molecule has 0 aliphatic heterocycles. The first kappa shape index (κ1) is 43.5. The van der Waals surface area contributed by atoms with E-state index in [4.69, 9.17) is 33.6 Å². The molecule has 57 heavy (non-hydrogen) atoms. The van der Waals surface area contributed by atoms with Gasteiger partial charge in [0.05, 0.1) is 63.0 Å². The fourth-order valence-corrected chi connectivity index (χ4v) is 7.82. The molecule has 2 aromatic carbocycles. The third-order valence-electron chi connectivity index (χ3n) is 10.8. The standard InChI is InChI=1S/C21H25ClN4O3.C20H26ClN3O4/c1-15-13-26(20(28)25(15)11-10-23)16-6-7-18(22)17(12-16)19(27)24-14-21(29)8-4-2-3-5-9-21;21-17-6-5-15(24-10-9-23(11-12-25)19(24)27)13-16(17)18(26)22-14-20(28)7-3-1-2-4-8-20/h6-7,12-13,29H,2-5,8-9,11,14H2,1H3,(H,24,27);5-6,9-10,13,25,28H,1-4,7-8,11-12,14H2,(H,22,26). The van der Waals surface area contributed by atoms with Crippen LogP contribution in [0.1, 0.15) is 103 Å². The van der Waals surface area contributed by atoms with Crippen molar-refractivity contribution < 1.29 is 24.9 Å². The second-order valence-corrected chi connectivity index (χ2v) is 15.8. The molecule has 0 atom stereocenters. The second-order valence-electron chi connectivity index (χ2n) is 15.0. The number of hydrogen-bond donors (Lipinski definition) is 5. The van der Waals surface area contributed by atoms with Crippen molar-refractivity contribution in [1.29, 1.82) is 5.26 Å². The first-order chi connectivity index (χ1) is 27.3. The van der Waals surface area contributed by atoms with Gasteiger partial charge in [-0.05, 0) is 69.0 Å². The quantitative estimate of drug-likeness (QED) is 0.130. The van der Waals surface area contributed by atoms with Crippen molar-refractivity contribution in [2.75, 3.05) is 19.7 Å². The summed E-state index contributed by atoms with van der Waals surface area (Å²) >= 11 is 12.4. The van der Waals surface area contributed by atoms with Crippen LogP contribution in [0, 0.1) is 18.3 Å². The lowest BCUT2D eigenvalue weighted by atomic mass is 9.94. The third kappa shape index (κ3) is 11.1. The van der Waals surface area contributed by atoms with Crippen LogP contribution in [0.25, 0.3) is 11.4 Å². The highest BCUT2D eigenvalue weighted by atomic mass is 35.5. The van der Waals surface area contributed by atoms with E-state index >= 15 is 0 Å². The number of carbonyl (C=O) groups is 2. The number of imidazole rings is 2. The number of nitrogens with zero attached hydrogens (tertiary/aromatic N) is 5. The Balaban J connectivity index is 0.000000218. The maximum atomic E-state index is 12.7. The van der Waals surface area contributed by atoms with Crippen molar-refractivity contribution in [1.82, 2.24) is 28.9 Å². The Morgan fingerprint density at radius 1 is 0.754 bits per heavy atom. The molecule has 6 rings (SSSR count). The monoisotopic (exact) mass is 823 g/mol. The molecule has 16 heteroatoms. The SMILES string of the molecule is Cc1cn(-c2ccc(Cl)c(C(=O)NCC3(O)CCCCCC3)c2)c(=O)n1CC#N.O=C(NCC1(O)CCCCCC1)c1cc(-n2ccn(CCO)c2=O)ccc1Cl. The number of nitriles is 1. The maximum absolute atomic E-state index is 12.7. The molecule has 4 aromatic rings. The smallest absolute Gasteiger partial charge is 0.333 e. The molecule has 2 heterocycles.